The number of hydrogen-bond acceptors (Lipinski definition) is 4. The molecule has 6 heteroatoms. The van der Waals surface area contributed by atoms with Crippen LogP contribution in [0.3, 0.4) is 0 Å². The first-order valence-corrected chi connectivity index (χ1v) is 9.66. The largest absolute Gasteiger partial charge is 0.493 e. The van der Waals surface area contributed by atoms with Crippen LogP contribution in [0.2, 0.25) is 5.02 Å². The van der Waals surface area contributed by atoms with Gasteiger partial charge in [-0.05, 0) is 48.9 Å². The minimum atomic E-state index is -0.0196. The van der Waals surface area contributed by atoms with Crippen molar-refractivity contribution < 1.29 is 9.47 Å². The van der Waals surface area contributed by atoms with E-state index in [4.69, 9.17) is 21.1 Å². The van der Waals surface area contributed by atoms with E-state index in [-0.39, 0.29) is 5.43 Å². The molecule has 0 spiro atoms. The van der Waals surface area contributed by atoms with Crippen LogP contribution < -0.4 is 14.9 Å². The first kappa shape index (κ1) is 20.2. The molecule has 2 aromatic carbocycles. The highest BCUT2D eigenvalue weighted by Crippen LogP contribution is 2.28. The molecule has 1 aromatic heterocycles. The lowest BCUT2D eigenvalue weighted by Gasteiger charge is -2.22. The molecule has 0 atom stereocenters. The van der Waals surface area contributed by atoms with Gasteiger partial charge >= 0.3 is 0 Å². The molecule has 0 aliphatic carbocycles. The highest BCUT2D eigenvalue weighted by molar-refractivity contribution is 6.31. The molecular formula is C22H25ClN2O3. The summed E-state index contributed by atoms with van der Waals surface area (Å²) in [6.45, 7) is 4.45. The van der Waals surface area contributed by atoms with Crippen LogP contribution in [0, 0.1) is 0 Å². The van der Waals surface area contributed by atoms with E-state index in [0.29, 0.717) is 28.5 Å². The second-order valence-corrected chi connectivity index (χ2v) is 7.19. The molecular weight excluding hydrogens is 376 g/mol. The Morgan fingerprint density at radius 1 is 1.00 bits per heavy atom. The predicted molar refractivity (Wildman–Crippen MR) is 114 cm³/mol. The van der Waals surface area contributed by atoms with Crippen LogP contribution in [-0.4, -0.2) is 30.6 Å². The first-order chi connectivity index (χ1) is 13.5. The van der Waals surface area contributed by atoms with E-state index in [1.165, 1.54) is 0 Å². The summed E-state index contributed by atoms with van der Waals surface area (Å²) in [5.74, 6) is 1.43. The molecule has 1 N–H and O–H groups in total. The molecule has 0 aliphatic rings. The molecule has 0 bridgehead atoms. The number of aromatic nitrogens is 1. The molecule has 0 unspecified atom stereocenters. The van der Waals surface area contributed by atoms with Crippen molar-refractivity contribution in [1.29, 1.82) is 0 Å². The van der Waals surface area contributed by atoms with Gasteiger partial charge in [0.05, 0.1) is 14.2 Å². The molecule has 0 saturated carbocycles. The fourth-order valence-corrected chi connectivity index (χ4v) is 3.54. The normalized spacial score (nSPS) is 11.2. The number of nitrogens with zero attached hydrogens (tertiary/aromatic N) is 1. The van der Waals surface area contributed by atoms with Crippen molar-refractivity contribution in [3.63, 3.8) is 0 Å². The molecule has 1 heterocycles. The van der Waals surface area contributed by atoms with E-state index >= 15 is 0 Å². The predicted octanol–water partition coefficient (Wildman–Crippen LogP) is 4.61. The van der Waals surface area contributed by atoms with Gasteiger partial charge in [-0.1, -0.05) is 24.6 Å². The van der Waals surface area contributed by atoms with Gasteiger partial charge in [-0.15, -0.1) is 0 Å². The molecule has 3 aromatic rings. The monoisotopic (exact) mass is 400 g/mol. The lowest BCUT2D eigenvalue weighted by atomic mass is 10.1. The summed E-state index contributed by atoms with van der Waals surface area (Å²) in [6.07, 6.45) is 1.01. The summed E-state index contributed by atoms with van der Waals surface area (Å²) in [4.78, 5) is 18.1. The molecule has 0 amide bonds. The zero-order valence-electron chi connectivity index (χ0n) is 16.4. The van der Waals surface area contributed by atoms with Crippen molar-refractivity contribution in [2.45, 2.75) is 26.4 Å². The maximum Gasteiger partial charge on any atom is 0.189 e. The molecule has 148 valence electrons. The van der Waals surface area contributed by atoms with E-state index in [1.54, 1.807) is 32.4 Å². The maximum absolute atomic E-state index is 12.5. The molecule has 3 rings (SSSR count). The van der Waals surface area contributed by atoms with E-state index < -0.39 is 0 Å². The SMILES string of the molecule is CCCN(Cc1ccc(OC)c(OC)c1)Cc1cc(=O)c2cc(Cl)ccc2[nH]1. The Morgan fingerprint density at radius 2 is 1.79 bits per heavy atom. The standard InChI is InChI=1S/C22H25ClN2O3/c1-4-9-25(13-15-5-8-21(27-2)22(10-15)28-3)14-17-12-20(26)18-11-16(23)6-7-19(18)24-17/h5-8,10-12H,4,9,13-14H2,1-3H3,(H,24,26). The van der Waals surface area contributed by atoms with Crippen LogP contribution >= 0.6 is 11.6 Å². The Kier molecular flexibility index (Phi) is 6.60. The number of H-pyrrole nitrogens is 1. The number of halogens is 1. The third-order valence-corrected chi connectivity index (χ3v) is 4.87. The van der Waals surface area contributed by atoms with E-state index in [9.17, 15) is 4.79 Å². The van der Waals surface area contributed by atoms with E-state index in [1.807, 2.05) is 24.3 Å². The molecule has 28 heavy (non-hydrogen) atoms. The van der Waals surface area contributed by atoms with Crippen molar-refractivity contribution in [2.24, 2.45) is 0 Å². The van der Waals surface area contributed by atoms with Gasteiger partial charge in [0.25, 0.3) is 0 Å². The average Bonchev–Trinajstić information content (AvgIpc) is 2.68. The lowest BCUT2D eigenvalue weighted by Crippen LogP contribution is -2.25. The zero-order chi connectivity index (χ0) is 20.1. The summed E-state index contributed by atoms with van der Waals surface area (Å²) in [7, 11) is 3.27. The van der Waals surface area contributed by atoms with Crippen LogP contribution in [0.5, 0.6) is 11.5 Å². The van der Waals surface area contributed by atoms with Crippen LogP contribution in [0.1, 0.15) is 24.6 Å². The van der Waals surface area contributed by atoms with E-state index in [2.05, 4.69) is 16.8 Å². The number of ether oxygens (including phenoxy) is 2. The van der Waals surface area contributed by atoms with Gasteiger partial charge in [0, 0.05) is 40.8 Å². The van der Waals surface area contributed by atoms with Crippen molar-refractivity contribution in [1.82, 2.24) is 9.88 Å². The topological polar surface area (TPSA) is 54.6 Å². The number of aromatic amines is 1. The van der Waals surface area contributed by atoms with Gasteiger partial charge in [0.2, 0.25) is 0 Å². The quantitative estimate of drug-likeness (QED) is 0.599. The average molecular weight is 401 g/mol. The van der Waals surface area contributed by atoms with Crippen LogP contribution in [0.25, 0.3) is 10.9 Å². The van der Waals surface area contributed by atoms with Crippen LogP contribution in [0.4, 0.5) is 0 Å². The lowest BCUT2D eigenvalue weighted by molar-refractivity contribution is 0.254. The minimum Gasteiger partial charge on any atom is -0.493 e. The number of rotatable bonds is 8. The number of nitrogens with one attached hydrogen (secondary N) is 1. The number of benzene rings is 2. The van der Waals surface area contributed by atoms with Gasteiger partial charge in [-0.2, -0.15) is 0 Å². The number of methoxy groups -OCH3 is 2. The Morgan fingerprint density at radius 3 is 2.50 bits per heavy atom. The molecule has 5 nitrogen and oxygen atoms in total. The van der Waals surface area contributed by atoms with Crippen LogP contribution in [0.15, 0.2) is 47.3 Å². The summed E-state index contributed by atoms with van der Waals surface area (Å²) >= 11 is 6.01. The highest BCUT2D eigenvalue weighted by atomic mass is 35.5. The minimum absolute atomic E-state index is 0.0196. The fraction of sp³-hybridized carbons (Fsp3) is 0.318. The maximum atomic E-state index is 12.5. The van der Waals surface area contributed by atoms with E-state index in [0.717, 1.165) is 36.3 Å². The van der Waals surface area contributed by atoms with Gasteiger partial charge < -0.3 is 14.5 Å². The van der Waals surface area contributed by atoms with Gasteiger partial charge in [-0.25, -0.2) is 0 Å². The first-order valence-electron chi connectivity index (χ1n) is 9.28. The van der Waals surface area contributed by atoms with Crippen molar-refractivity contribution in [3.05, 3.63) is 69.0 Å². The summed E-state index contributed by atoms with van der Waals surface area (Å²) in [6, 6.07) is 12.9. The second kappa shape index (κ2) is 9.13. The Labute approximate surface area is 169 Å². The van der Waals surface area contributed by atoms with Crippen molar-refractivity contribution in [2.75, 3.05) is 20.8 Å². The van der Waals surface area contributed by atoms with Crippen molar-refractivity contribution in [3.8, 4) is 11.5 Å². The van der Waals surface area contributed by atoms with Crippen molar-refractivity contribution >= 4 is 22.5 Å². The Balaban J connectivity index is 1.84. The highest BCUT2D eigenvalue weighted by Gasteiger charge is 2.11. The second-order valence-electron chi connectivity index (χ2n) is 6.75. The number of fused-ring (bicyclic) bond motifs is 1. The van der Waals surface area contributed by atoms with Gasteiger partial charge in [-0.3, -0.25) is 9.69 Å². The van der Waals surface area contributed by atoms with Gasteiger partial charge in [0.15, 0.2) is 16.9 Å². The fourth-order valence-electron chi connectivity index (χ4n) is 3.37. The molecule has 0 aliphatic heterocycles. The zero-order valence-corrected chi connectivity index (χ0v) is 17.2. The molecule has 0 saturated heterocycles. The molecule has 0 radical (unpaired) electrons. The third-order valence-electron chi connectivity index (χ3n) is 4.64. The smallest absolute Gasteiger partial charge is 0.189 e. The molecule has 0 fully saturated rings. The third kappa shape index (κ3) is 4.66. The summed E-state index contributed by atoms with van der Waals surface area (Å²) < 4.78 is 10.7. The van der Waals surface area contributed by atoms with Crippen LogP contribution in [-0.2, 0) is 13.1 Å². The summed E-state index contributed by atoms with van der Waals surface area (Å²) in [5, 5.41) is 1.17. The number of hydrogen-bond donors (Lipinski definition) is 1. The Hall–Kier alpha value is -2.50. The summed E-state index contributed by atoms with van der Waals surface area (Å²) in [5.41, 5.74) is 2.79. The Bertz CT molecular complexity index is 1020. The van der Waals surface area contributed by atoms with Gasteiger partial charge in [0.1, 0.15) is 0 Å². The number of pyridine rings is 1.